The molecule has 5 nitrogen and oxygen atoms in total. The highest BCUT2D eigenvalue weighted by Crippen LogP contribution is 2.23. The van der Waals surface area contributed by atoms with Crippen LogP contribution >= 0.6 is 11.6 Å². The van der Waals surface area contributed by atoms with Crippen LogP contribution in [0.5, 0.6) is 5.75 Å². The first-order chi connectivity index (χ1) is 10.1. The van der Waals surface area contributed by atoms with Crippen LogP contribution in [0.1, 0.15) is 5.56 Å². The maximum atomic E-state index is 11.1. The van der Waals surface area contributed by atoms with Crippen molar-refractivity contribution < 1.29 is 14.6 Å². The highest BCUT2D eigenvalue weighted by Gasteiger charge is 2.03. The van der Waals surface area contributed by atoms with Gasteiger partial charge in [0.15, 0.2) is 0 Å². The molecule has 0 aliphatic rings. The third-order valence-corrected chi connectivity index (χ3v) is 3.08. The van der Waals surface area contributed by atoms with Gasteiger partial charge in [0.25, 0.3) is 0 Å². The number of carbonyl (C=O) groups excluding carboxylic acids is 1. The number of ether oxygens (including phenoxy) is 1. The van der Waals surface area contributed by atoms with Gasteiger partial charge in [-0.1, -0.05) is 11.6 Å². The molecule has 3 N–H and O–H groups in total. The predicted octanol–water partition coefficient (Wildman–Crippen LogP) is 3.84. The van der Waals surface area contributed by atoms with Crippen molar-refractivity contribution in [2.24, 2.45) is 0 Å². The van der Waals surface area contributed by atoms with E-state index >= 15 is 0 Å². The average Bonchev–Trinajstić information content (AvgIpc) is 2.49. The molecule has 0 atom stereocenters. The van der Waals surface area contributed by atoms with Crippen molar-refractivity contribution in [3.63, 3.8) is 0 Å². The first kappa shape index (κ1) is 15.0. The van der Waals surface area contributed by atoms with Crippen molar-refractivity contribution in [3.8, 4) is 5.75 Å². The molecule has 6 heteroatoms. The Balaban J connectivity index is 1.97. The van der Waals surface area contributed by atoms with Gasteiger partial charge in [-0.3, -0.25) is 5.32 Å². The van der Waals surface area contributed by atoms with E-state index in [4.69, 9.17) is 11.6 Å². The Labute approximate surface area is 127 Å². The second-order valence-electron chi connectivity index (χ2n) is 4.32. The molecule has 0 radical (unpaired) electrons. The lowest BCUT2D eigenvalue weighted by Gasteiger charge is -2.09. The van der Waals surface area contributed by atoms with Gasteiger partial charge in [0.05, 0.1) is 7.11 Å². The fraction of sp³-hybridized carbons (Fsp3) is 0.133. The maximum absolute atomic E-state index is 11.1. The van der Waals surface area contributed by atoms with Crippen LogP contribution in [-0.4, -0.2) is 18.3 Å². The van der Waals surface area contributed by atoms with Gasteiger partial charge in [-0.05, 0) is 42.5 Å². The number of amides is 1. The Hall–Kier alpha value is -2.40. The average molecular weight is 307 g/mol. The van der Waals surface area contributed by atoms with E-state index in [0.717, 1.165) is 5.69 Å². The molecule has 0 heterocycles. The van der Waals surface area contributed by atoms with Crippen LogP contribution in [0.15, 0.2) is 42.5 Å². The summed E-state index contributed by atoms with van der Waals surface area (Å²) in [5, 5.41) is 16.0. The fourth-order valence-corrected chi connectivity index (χ4v) is 1.93. The van der Waals surface area contributed by atoms with Gasteiger partial charge in [0.1, 0.15) is 5.75 Å². The molecule has 0 spiro atoms. The van der Waals surface area contributed by atoms with Gasteiger partial charge in [-0.2, -0.15) is 0 Å². The number of methoxy groups -OCH3 is 1. The topological polar surface area (TPSA) is 70.6 Å². The minimum atomic E-state index is -0.514. The normalized spacial score (nSPS) is 10.0. The molecule has 0 unspecified atom stereocenters. The van der Waals surface area contributed by atoms with Crippen molar-refractivity contribution in [3.05, 3.63) is 53.1 Å². The van der Waals surface area contributed by atoms with E-state index in [9.17, 15) is 9.90 Å². The summed E-state index contributed by atoms with van der Waals surface area (Å²) in [4.78, 5) is 11.1. The van der Waals surface area contributed by atoms with Gasteiger partial charge in [0.2, 0.25) is 0 Å². The summed E-state index contributed by atoms with van der Waals surface area (Å²) in [7, 11) is 1.31. The highest BCUT2D eigenvalue weighted by molar-refractivity contribution is 6.30. The summed E-state index contributed by atoms with van der Waals surface area (Å²) in [6, 6.07) is 12.0. The number of aromatic hydroxyl groups is 1. The van der Waals surface area contributed by atoms with E-state index in [0.29, 0.717) is 22.8 Å². The first-order valence-corrected chi connectivity index (χ1v) is 6.62. The number of anilines is 2. The third-order valence-electron chi connectivity index (χ3n) is 2.84. The van der Waals surface area contributed by atoms with Crippen LogP contribution in [0, 0.1) is 0 Å². The van der Waals surface area contributed by atoms with Crippen LogP contribution in [0.3, 0.4) is 0 Å². The molecule has 0 aliphatic heterocycles. The quantitative estimate of drug-likeness (QED) is 0.802. The Morgan fingerprint density at radius 1 is 1.19 bits per heavy atom. The van der Waals surface area contributed by atoms with Gasteiger partial charge in [-0.15, -0.1) is 0 Å². The summed E-state index contributed by atoms with van der Waals surface area (Å²) >= 11 is 5.89. The Bertz CT molecular complexity index is 629. The monoisotopic (exact) mass is 306 g/mol. The van der Waals surface area contributed by atoms with Gasteiger partial charge < -0.3 is 15.2 Å². The Morgan fingerprint density at radius 2 is 1.86 bits per heavy atom. The van der Waals surface area contributed by atoms with Crippen molar-refractivity contribution in [1.82, 2.24) is 0 Å². The number of phenols is 1. The van der Waals surface area contributed by atoms with Crippen molar-refractivity contribution in [2.75, 3.05) is 17.7 Å². The standard InChI is InChI=1S/C15H15ClN2O3/c1-21-15(20)18-13-5-3-12(4-6-13)17-9-10-8-11(16)2-7-14(10)19/h2-8,17,19H,9H2,1H3,(H,18,20). The fourth-order valence-electron chi connectivity index (χ4n) is 1.73. The molecule has 21 heavy (non-hydrogen) atoms. The van der Waals surface area contributed by atoms with E-state index < -0.39 is 6.09 Å². The van der Waals surface area contributed by atoms with Crippen molar-refractivity contribution in [1.29, 1.82) is 0 Å². The van der Waals surface area contributed by atoms with Crippen LogP contribution in [0.4, 0.5) is 16.2 Å². The van der Waals surface area contributed by atoms with Gasteiger partial charge in [0, 0.05) is 28.5 Å². The second-order valence-corrected chi connectivity index (χ2v) is 4.76. The Morgan fingerprint density at radius 3 is 2.52 bits per heavy atom. The summed E-state index contributed by atoms with van der Waals surface area (Å²) in [5.41, 5.74) is 2.20. The lowest BCUT2D eigenvalue weighted by molar-refractivity contribution is 0.187. The summed E-state index contributed by atoms with van der Waals surface area (Å²) in [6.45, 7) is 0.441. The van der Waals surface area contributed by atoms with Crippen LogP contribution in [0.2, 0.25) is 5.02 Å². The second kappa shape index (κ2) is 6.85. The maximum Gasteiger partial charge on any atom is 0.411 e. The molecule has 2 aromatic rings. The molecule has 2 rings (SSSR count). The molecule has 1 amide bonds. The van der Waals surface area contributed by atoms with Crippen LogP contribution in [-0.2, 0) is 11.3 Å². The van der Waals surface area contributed by atoms with E-state index in [1.165, 1.54) is 7.11 Å². The molecule has 110 valence electrons. The third kappa shape index (κ3) is 4.29. The number of hydrogen-bond acceptors (Lipinski definition) is 4. The van der Waals surface area contributed by atoms with E-state index in [1.54, 1.807) is 30.3 Å². The van der Waals surface area contributed by atoms with E-state index in [-0.39, 0.29) is 5.75 Å². The van der Waals surface area contributed by atoms with Gasteiger partial charge >= 0.3 is 6.09 Å². The summed E-state index contributed by atoms with van der Waals surface area (Å²) in [5.74, 6) is 0.191. The van der Waals surface area contributed by atoms with E-state index in [2.05, 4.69) is 15.4 Å². The van der Waals surface area contributed by atoms with Crippen LogP contribution in [0.25, 0.3) is 0 Å². The molecule has 0 bridgehead atoms. The number of halogens is 1. The SMILES string of the molecule is COC(=O)Nc1ccc(NCc2cc(Cl)ccc2O)cc1. The number of rotatable bonds is 4. The summed E-state index contributed by atoms with van der Waals surface area (Å²) in [6.07, 6.45) is -0.514. The molecule has 0 saturated heterocycles. The molecule has 2 aromatic carbocycles. The minimum absolute atomic E-state index is 0.191. The number of hydrogen-bond donors (Lipinski definition) is 3. The highest BCUT2D eigenvalue weighted by atomic mass is 35.5. The number of nitrogens with one attached hydrogen (secondary N) is 2. The number of carbonyl (C=O) groups is 1. The largest absolute Gasteiger partial charge is 0.508 e. The molecule has 0 fully saturated rings. The van der Waals surface area contributed by atoms with Crippen molar-refractivity contribution in [2.45, 2.75) is 6.54 Å². The first-order valence-electron chi connectivity index (χ1n) is 6.25. The zero-order valence-electron chi connectivity index (χ0n) is 11.4. The summed E-state index contributed by atoms with van der Waals surface area (Å²) < 4.78 is 4.51. The molecular weight excluding hydrogens is 292 g/mol. The van der Waals surface area contributed by atoms with Crippen LogP contribution < -0.4 is 10.6 Å². The minimum Gasteiger partial charge on any atom is -0.508 e. The predicted molar refractivity (Wildman–Crippen MR) is 82.9 cm³/mol. The lowest BCUT2D eigenvalue weighted by atomic mass is 10.2. The zero-order chi connectivity index (χ0) is 15.2. The lowest BCUT2D eigenvalue weighted by Crippen LogP contribution is -2.10. The van der Waals surface area contributed by atoms with Crippen molar-refractivity contribution >= 4 is 29.1 Å². The molecule has 0 saturated carbocycles. The molecular formula is C15H15ClN2O3. The smallest absolute Gasteiger partial charge is 0.411 e. The molecule has 0 aromatic heterocycles. The zero-order valence-corrected chi connectivity index (χ0v) is 12.1. The van der Waals surface area contributed by atoms with E-state index in [1.807, 2.05) is 12.1 Å². The number of benzene rings is 2. The number of phenolic OH excluding ortho intramolecular Hbond substituents is 1. The molecule has 0 aliphatic carbocycles. The van der Waals surface area contributed by atoms with Gasteiger partial charge in [-0.25, -0.2) is 4.79 Å². The Kier molecular flexibility index (Phi) is 4.90.